The van der Waals surface area contributed by atoms with E-state index in [1.54, 1.807) is 0 Å². The minimum atomic E-state index is 0.852. The molecule has 0 rings (SSSR count). The van der Waals surface area contributed by atoms with Crippen LogP contribution in [0, 0.1) is 12.0 Å². The van der Waals surface area contributed by atoms with Crippen molar-refractivity contribution >= 4 is 6.41 Å². The molecule has 0 heterocycles. The summed E-state index contributed by atoms with van der Waals surface area (Å²) in [7, 11) is 0. The molecule has 0 bridgehead atoms. The Morgan fingerprint density at radius 2 is 2.33 bits per heavy atom. The van der Waals surface area contributed by atoms with Gasteiger partial charge in [0.2, 0.25) is 0 Å². The van der Waals surface area contributed by atoms with Crippen LogP contribution in [-0.2, 0) is 4.79 Å². The van der Waals surface area contributed by atoms with E-state index in [0.717, 1.165) is 19.3 Å². The van der Waals surface area contributed by atoms with Gasteiger partial charge >= 0.3 is 6.41 Å². The molecule has 1 amide bonds. The zero-order valence-electron chi connectivity index (χ0n) is 5.53. The molecular formula is C7H10NO. The SMILES string of the molecule is CCCCC#CN[C]=O. The van der Waals surface area contributed by atoms with Crippen LogP contribution in [0.15, 0.2) is 0 Å². The first kappa shape index (κ1) is 8.03. The lowest BCUT2D eigenvalue weighted by atomic mass is 10.3. The highest BCUT2D eigenvalue weighted by atomic mass is 16.1. The van der Waals surface area contributed by atoms with Crippen molar-refractivity contribution in [2.45, 2.75) is 26.2 Å². The number of nitrogens with one attached hydrogen (secondary N) is 1. The highest BCUT2D eigenvalue weighted by Gasteiger charge is 1.74. The van der Waals surface area contributed by atoms with Crippen molar-refractivity contribution in [2.24, 2.45) is 0 Å². The van der Waals surface area contributed by atoms with Crippen LogP contribution in [0.5, 0.6) is 0 Å². The van der Waals surface area contributed by atoms with E-state index in [1.807, 2.05) is 0 Å². The first-order valence-corrected chi connectivity index (χ1v) is 3.01. The summed E-state index contributed by atoms with van der Waals surface area (Å²) in [6.45, 7) is 2.10. The van der Waals surface area contributed by atoms with Gasteiger partial charge in [0, 0.05) is 12.5 Å². The van der Waals surface area contributed by atoms with Crippen LogP contribution in [0.4, 0.5) is 0 Å². The Morgan fingerprint density at radius 1 is 1.56 bits per heavy atom. The van der Waals surface area contributed by atoms with Crippen LogP contribution >= 0.6 is 0 Å². The Labute approximate surface area is 55.6 Å². The summed E-state index contributed by atoms with van der Waals surface area (Å²) in [6.07, 6.45) is 4.55. The standard InChI is InChI=1S/C7H10NO/c1-2-3-4-5-6-8-7-9/h2-4H2,1H3,(H,8,9). The predicted molar refractivity (Wildman–Crippen MR) is 36.1 cm³/mol. The van der Waals surface area contributed by atoms with E-state index in [0.29, 0.717) is 0 Å². The van der Waals surface area contributed by atoms with Gasteiger partial charge in [0.1, 0.15) is 0 Å². The minimum Gasteiger partial charge on any atom is -0.277 e. The summed E-state index contributed by atoms with van der Waals surface area (Å²) >= 11 is 0. The molecule has 0 aromatic rings. The van der Waals surface area contributed by atoms with Crippen molar-refractivity contribution in [1.29, 1.82) is 0 Å². The molecule has 2 nitrogen and oxygen atoms in total. The molecule has 0 saturated carbocycles. The molecule has 0 saturated heterocycles. The lowest BCUT2D eigenvalue weighted by Crippen LogP contribution is -1.98. The summed E-state index contributed by atoms with van der Waals surface area (Å²) < 4.78 is 0. The maximum atomic E-state index is 9.50. The van der Waals surface area contributed by atoms with Gasteiger partial charge in [0.15, 0.2) is 0 Å². The quantitative estimate of drug-likeness (QED) is 0.336. The van der Waals surface area contributed by atoms with Crippen molar-refractivity contribution in [2.75, 3.05) is 0 Å². The zero-order valence-corrected chi connectivity index (χ0v) is 5.53. The van der Waals surface area contributed by atoms with Gasteiger partial charge in [-0.25, -0.2) is 0 Å². The average molecular weight is 124 g/mol. The number of rotatable bonds is 3. The molecule has 9 heavy (non-hydrogen) atoms. The first-order chi connectivity index (χ1) is 4.41. The van der Waals surface area contributed by atoms with Crippen LogP contribution in [0.2, 0.25) is 0 Å². The lowest BCUT2D eigenvalue weighted by molar-refractivity contribution is 0.551. The van der Waals surface area contributed by atoms with Gasteiger partial charge in [-0.15, -0.1) is 0 Å². The summed E-state index contributed by atoms with van der Waals surface area (Å²) in [5, 5.41) is 2.14. The first-order valence-electron chi connectivity index (χ1n) is 3.01. The molecular weight excluding hydrogens is 114 g/mol. The van der Waals surface area contributed by atoms with Gasteiger partial charge in [-0.3, -0.25) is 10.1 Å². The van der Waals surface area contributed by atoms with Crippen LogP contribution in [0.25, 0.3) is 0 Å². The van der Waals surface area contributed by atoms with E-state index < -0.39 is 0 Å². The normalized spacial score (nSPS) is 7.22. The third-order valence-electron chi connectivity index (χ3n) is 0.857. The Balaban J connectivity index is 3.05. The second-order valence-electron chi connectivity index (χ2n) is 1.63. The Morgan fingerprint density at radius 3 is 2.89 bits per heavy atom. The zero-order chi connectivity index (χ0) is 6.95. The third-order valence-corrected chi connectivity index (χ3v) is 0.857. The monoisotopic (exact) mass is 124 g/mol. The second-order valence-corrected chi connectivity index (χ2v) is 1.63. The molecule has 0 aromatic heterocycles. The van der Waals surface area contributed by atoms with Gasteiger partial charge < -0.3 is 0 Å². The van der Waals surface area contributed by atoms with E-state index in [4.69, 9.17) is 0 Å². The fourth-order valence-electron chi connectivity index (χ4n) is 0.397. The van der Waals surface area contributed by atoms with Gasteiger partial charge in [-0.2, -0.15) is 0 Å². The second kappa shape index (κ2) is 7.03. The number of unbranched alkanes of at least 4 members (excludes halogenated alkanes) is 2. The van der Waals surface area contributed by atoms with Crippen molar-refractivity contribution in [3.05, 3.63) is 0 Å². The minimum absolute atomic E-state index is 0.852. The topological polar surface area (TPSA) is 29.1 Å². The molecule has 0 atom stereocenters. The molecule has 0 aromatic carbocycles. The molecule has 0 aliphatic carbocycles. The van der Waals surface area contributed by atoms with E-state index >= 15 is 0 Å². The lowest BCUT2D eigenvalue weighted by Gasteiger charge is -1.81. The molecule has 0 aliphatic heterocycles. The fourth-order valence-corrected chi connectivity index (χ4v) is 0.397. The van der Waals surface area contributed by atoms with Crippen molar-refractivity contribution in [3.63, 3.8) is 0 Å². The van der Waals surface area contributed by atoms with Crippen molar-refractivity contribution in [1.82, 2.24) is 5.32 Å². The molecule has 0 aliphatic rings. The Kier molecular flexibility index (Phi) is 6.27. The highest BCUT2D eigenvalue weighted by Crippen LogP contribution is 1.89. The number of amides is 1. The van der Waals surface area contributed by atoms with E-state index in [9.17, 15) is 4.79 Å². The summed E-state index contributed by atoms with van der Waals surface area (Å²) in [6, 6.07) is 2.45. The molecule has 1 radical (unpaired) electrons. The largest absolute Gasteiger partial charge is 0.321 e. The number of hydrogen-bond acceptors (Lipinski definition) is 1. The van der Waals surface area contributed by atoms with Crippen LogP contribution in [0.3, 0.4) is 0 Å². The van der Waals surface area contributed by atoms with Crippen LogP contribution in [0.1, 0.15) is 26.2 Å². The maximum absolute atomic E-state index is 9.50. The van der Waals surface area contributed by atoms with Gasteiger partial charge in [0.05, 0.1) is 0 Å². The maximum Gasteiger partial charge on any atom is 0.321 e. The smallest absolute Gasteiger partial charge is 0.277 e. The van der Waals surface area contributed by atoms with Crippen molar-refractivity contribution in [3.8, 4) is 12.0 Å². The average Bonchev–Trinajstić information content (AvgIpc) is 1.89. The molecule has 0 spiro atoms. The van der Waals surface area contributed by atoms with Gasteiger partial charge in [-0.05, 0) is 6.42 Å². The summed E-state index contributed by atoms with van der Waals surface area (Å²) in [4.78, 5) is 9.50. The predicted octanol–water partition coefficient (Wildman–Crippen LogP) is 0.794. The van der Waals surface area contributed by atoms with E-state index in [2.05, 4.69) is 24.2 Å². The van der Waals surface area contributed by atoms with Gasteiger partial charge in [0.25, 0.3) is 0 Å². The molecule has 1 N–H and O–H groups in total. The van der Waals surface area contributed by atoms with E-state index in [1.165, 1.54) is 6.41 Å². The Bertz CT molecular complexity index is 121. The van der Waals surface area contributed by atoms with Crippen LogP contribution < -0.4 is 5.32 Å². The molecule has 0 unspecified atom stereocenters. The number of hydrogen-bond donors (Lipinski definition) is 1. The fraction of sp³-hybridized carbons (Fsp3) is 0.571. The van der Waals surface area contributed by atoms with Crippen LogP contribution in [-0.4, -0.2) is 6.41 Å². The Hall–Kier alpha value is -0.970. The molecule has 2 heteroatoms. The molecule has 49 valence electrons. The van der Waals surface area contributed by atoms with E-state index in [-0.39, 0.29) is 0 Å². The summed E-state index contributed by atoms with van der Waals surface area (Å²) in [5.74, 6) is 2.76. The summed E-state index contributed by atoms with van der Waals surface area (Å²) in [5.41, 5.74) is 0. The third kappa shape index (κ3) is 7.03. The molecule has 0 fully saturated rings. The highest BCUT2D eigenvalue weighted by molar-refractivity contribution is 5.50. The number of carbonyl (C=O) groups excluding carboxylic acids is 1. The van der Waals surface area contributed by atoms with Crippen molar-refractivity contribution < 1.29 is 4.79 Å². The van der Waals surface area contributed by atoms with Gasteiger partial charge in [-0.1, -0.05) is 19.3 Å².